The van der Waals surface area contributed by atoms with Crippen LogP contribution in [-0.4, -0.2) is 17.6 Å². The summed E-state index contributed by atoms with van der Waals surface area (Å²) < 4.78 is 0. The number of hydrogen-bond donors (Lipinski definition) is 2. The molecule has 1 fully saturated rings. The molecule has 3 N–H and O–H groups in total. The van der Waals surface area contributed by atoms with E-state index in [1.807, 2.05) is 12.1 Å². The van der Waals surface area contributed by atoms with Crippen molar-refractivity contribution in [3.05, 3.63) is 18.2 Å². The van der Waals surface area contributed by atoms with Gasteiger partial charge in [0.1, 0.15) is 11.6 Å². The average molecular weight is 234 g/mol. The van der Waals surface area contributed by atoms with Gasteiger partial charge in [0.2, 0.25) is 0 Å². The predicted molar refractivity (Wildman–Crippen MR) is 71.9 cm³/mol. The number of hydrazine groups is 1. The van der Waals surface area contributed by atoms with Crippen molar-refractivity contribution in [2.24, 2.45) is 11.8 Å². The van der Waals surface area contributed by atoms with E-state index in [2.05, 4.69) is 35.2 Å². The van der Waals surface area contributed by atoms with Gasteiger partial charge in [-0.2, -0.15) is 0 Å². The molecule has 1 aromatic heterocycles. The smallest absolute Gasteiger partial charge is 0.142 e. The summed E-state index contributed by atoms with van der Waals surface area (Å²) in [4.78, 5) is 6.94. The Labute approximate surface area is 103 Å². The summed E-state index contributed by atoms with van der Waals surface area (Å²) in [5.41, 5.74) is 2.61. The number of pyridine rings is 1. The molecule has 17 heavy (non-hydrogen) atoms. The Morgan fingerprint density at radius 3 is 2.82 bits per heavy atom. The van der Waals surface area contributed by atoms with Crippen molar-refractivity contribution < 1.29 is 0 Å². The van der Waals surface area contributed by atoms with Crippen LogP contribution in [0.4, 0.5) is 11.6 Å². The summed E-state index contributed by atoms with van der Waals surface area (Å²) in [7, 11) is 0. The second-order valence-corrected chi connectivity index (χ2v) is 5.13. The first-order valence-electron chi connectivity index (χ1n) is 6.41. The normalized spacial score (nSPS) is 15.1. The van der Waals surface area contributed by atoms with Crippen molar-refractivity contribution in [2.75, 3.05) is 16.9 Å². The van der Waals surface area contributed by atoms with E-state index in [0.29, 0.717) is 6.04 Å². The average Bonchev–Trinajstić information content (AvgIpc) is 3.14. The highest BCUT2D eigenvalue weighted by molar-refractivity contribution is 5.48. The molecule has 1 heterocycles. The molecule has 0 radical (unpaired) electrons. The minimum Gasteiger partial charge on any atom is -0.354 e. The first kappa shape index (κ1) is 12.2. The fourth-order valence-electron chi connectivity index (χ4n) is 1.93. The second kappa shape index (κ2) is 5.36. The second-order valence-electron chi connectivity index (χ2n) is 5.13. The van der Waals surface area contributed by atoms with E-state index in [1.165, 1.54) is 19.3 Å². The lowest BCUT2D eigenvalue weighted by molar-refractivity contribution is 0.568. The Kier molecular flexibility index (Phi) is 3.84. The van der Waals surface area contributed by atoms with Gasteiger partial charge in [-0.3, -0.25) is 0 Å². The van der Waals surface area contributed by atoms with Crippen LogP contribution in [0.25, 0.3) is 0 Å². The number of nitrogens with zero attached hydrogens (tertiary/aromatic N) is 2. The highest BCUT2D eigenvalue weighted by Gasteiger charge is 2.29. The number of rotatable bonds is 6. The molecule has 4 nitrogen and oxygen atoms in total. The minimum atomic E-state index is 0.689. The van der Waals surface area contributed by atoms with Crippen molar-refractivity contribution in [3.8, 4) is 0 Å². The molecule has 1 aliphatic rings. The number of nitrogens with one attached hydrogen (secondary N) is 1. The van der Waals surface area contributed by atoms with E-state index in [-0.39, 0.29) is 0 Å². The highest BCUT2D eigenvalue weighted by Crippen LogP contribution is 2.31. The van der Waals surface area contributed by atoms with Gasteiger partial charge in [-0.1, -0.05) is 19.9 Å². The molecule has 0 saturated heterocycles. The monoisotopic (exact) mass is 234 g/mol. The van der Waals surface area contributed by atoms with Crippen molar-refractivity contribution in [2.45, 2.75) is 39.2 Å². The van der Waals surface area contributed by atoms with Gasteiger partial charge >= 0.3 is 0 Å². The quantitative estimate of drug-likeness (QED) is 0.586. The van der Waals surface area contributed by atoms with E-state index in [4.69, 9.17) is 5.84 Å². The maximum atomic E-state index is 5.40. The van der Waals surface area contributed by atoms with Crippen molar-refractivity contribution in [3.63, 3.8) is 0 Å². The van der Waals surface area contributed by atoms with Gasteiger partial charge in [-0.25, -0.2) is 10.8 Å². The van der Waals surface area contributed by atoms with Crippen LogP contribution in [-0.2, 0) is 0 Å². The van der Waals surface area contributed by atoms with Crippen molar-refractivity contribution in [1.29, 1.82) is 0 Å². The van der Waals surface area contributed by atoms with Gasteiger partial charge < -0.3 is 10.3 Å². The molecule has 1 aliphatic carbocycles. The molecular formula is C13H22N4. The maximum Gasteiger partial charge on any atom is 0.142 e. The lowest BCUT2D eigenvalue weighted by Crippen LogP contribution is -2.28. The third kappa shape index (κ3) is 3.33. The van der Waals surface area contributed by atoms with Crippen LogP contribution in [0.15, 0.2) is 18.2 Å². The molecule has 1 saturated carbocycles. The zero-order valence-corrected chi connectivity index (χ0v) is 10.7. The molecule has 0 aromatic carbocycles. The van der Waals surface area contributed by atoms with Gasteiger partial charge in [0.25, 0.3) is 0 Å². The van der Waals surface area contributed by atoms with Gasteiger partial charge in [0.15, 0.2) is 0 Å². The van der Waals surface area contributed by atoms with Gasteiger partial charge in [-0.05, 0) is 37.3 Å². The zero-order valence-electron chi connectivity index (χ0n) is 10.7. The molecule has 0 atom stereocenters. The largest absolute Gasteiger partial charge is 0.354 e. The van der Waals surface area contributed by atoms with E-state index in [1.54, 1.807) is 0 Å². The van der Waals surface area contributed by atoms with Crippen LogP contribution >= 0.6 is 0 Å². The first-order valence-corrected chi connectivity index (χ1v) is 6.41. The van der Waals surface area contributed by atoms with E-state index in [0.717, 1.165) is 24.1 Å². The van der Waals surface area contributed by atoms with E-state index < -0.39 is 0 Å². The van der Waals surface area contributed by atoms with Gasteiger partial charge in [0.05, 0.1) is 0 Å². The summed E-state index contributed by atoms with van der Waals surface area (Å²) in [5, 5.41) is 0. The van der Waals surface area contributed by atoms with E-state index in [9.17, 15) is 0 Å². The summed E-state index contributed by atoms with van der Waals surface area (Å²) in [6, 6.07) is 6.65. The standard InChI is InChI=1S/C13H22N4/c1-10(2)8-9-17(11-6-7-11)13-5-3-4-12(15-13)16-14/h3-5,10-11H,6-9,14H2,1-2H3,(H,15,16). The lowest BCUT2D eigenvalue weighted by atomic mass is 10.1. The molecule has 0 unspecified atom stereocenters. The van der Waals surface area contributed by atoms with Crippen LogP contribution in [0.1, 0.15) is 33.1 Å². The molecule has 0 amide bonds. The molecule has 94 valence electrons. The van der Waals surface area contributed by atoms with Crippen molar-refractivity contribution >= 4 is 11.6 Å². The highest BCUT2D eigenvalue weighted by atomic mass is 15.3. The molecule has 1 aromatic rings. The first-order chi connectivity index (χ1) is 8.20. The molecular weight excluding hydrogens is 212 g/mol. The molecule has 2 rings (SSSR count). The van der Waals surface area contributed by atoms with Gasteiger partial charge in [0, 0.05) is 12.6 Å². The maximum absolute atomic E-state index is 5.40. The Balaban J connectivity index is 2.08. The third-order valence-corrected chi connectivity index (χ3v) is 3.11. The van der Waals surface area contributed by atoms with Crippen molar-refractivity contribution in [1.82, 2.24) is 4.98 Å². The molecule has 0 spiro atoms. The predicted octanol–water partition coefficient (Wildman–Crippen LogP) is 2.38. The lowest BCUT2D eigenvalue weighted by Gasteiger charge is -2.24. The Hall–Kier alpha value is -1.29. The Bertz CT molecular complexity index is 360. The summed E-state index contributed by atoms with van der Waals surface area (Å²) in [5.74, 6) is 7.91. The van der Waals surface area contributed by atoms with Crippen LogP contribution in [0.5, 0.6) is 0 Å². The Morgan fingerprint density at radius 1 is 1.47 bits per heavy atom. The van der Waals surface area contributed by atoms with Crippen LogP contribution in [0.2, 0.25) is 0 Å². The SMILES string of the molecule is CC(C)CCN(c1cccc(NN)n1)C1CC1. The Morgan fingerprint density at radius 2 is 2.24 bits per heavy atom. The summed E-state index contributed by atoms with van der Waals surface area (Å²) in [6.45, 7) is 5.61. The van der Waals surface area contributed by atoms with Crippen LogP contribution in [0, 0.1) is 5.92 Å². The number of anilines is 2. The number of nitrogen functional groups attached to an aromatic ring is 1. The number of aromatic nitrogens is 1. The topological polar surface area (TPSA) is 54.2 Å². The van der Waals surface area contributed by atoms with Crippen LogP contribution in [0.3, 0.4) is 0 Å². The number of nitrogens with two attached hydrogens (primary N) is 1. The third-order valence-electron chi connectivity index (χ3n) is 3.11. The van der Waals surface area contributed by atoms with E-state index >= 15 is 0 Å². The molecule has 0 bridgehead atoms. The minimum absolute atomic E-state index is 0.689. The molecule has 0 aliphatic heterocycles. The fourth-order valence-corrected chi connectivity index (χ4v) is 1.93. The summed E-state index contributed by atoms with van der Waals surface area (Å²) >= 11 is 0. The number of hydrogen-bond acceptors (Lipinski definition) is 4. The zero-order chi connectivity index (χ0) is 12.3. The van der Waals surface area contributed by atoms with Gasteiger partial charge in [-0.15, -0.1) is 0 Å². The van der Waals surface area contributed by atoms with Crippen LogP contribution < -0.4 is 16.2 Å². The fraction of sp³-hybridized carbons (Fsp3) is 0.615. The summed E-state index contributed by atoms with van der Waals surface area (Å²) in [6.07, 6.45) is 3.79. The molecule has 4 heteroatoms.